The number of esters is 1. The van der Waals surface area contributed by atoms with Crippen molar-refractivity contribution in [3.05, 3.63) is 11.8 Å². The topological polar surface area (TPSA) is 55.4 Å². The molecule has 0 aliphatic heterocycles. The molecule has 0 bridgehead atoms. The maximum atomic E-state index is 11.8. The van der Waals surface area contributed by atoms with Gasteiger partial charge in [-0.05, 0) is 6.92 Å². The van der Waals surface area contributed by atoms with E-state index in [9.17, 15) is 22.8 Å². The Bertz CT molecular complexity index is 247. The molecule has 14 heavy (non-hydrogen) atoms. The number of hydrogen-bond acceptors (Lipinski definition) is 3. The van der Waals surface area contributed by atoms with Gasteiger partial charge in [0, 0.05) is 0 Å². The molecule has 0 atom stereocenters. The molecule has 0 radical (unpaired) electrons. The fraction of sp³-hybridized carbons (Fsp3) is 0.429. The van der Waals surface area contributed by atoms with E-state index in [1.807, 2.05) is 0 Å². The summed E-state index contributed by atoms with van der Waals surface area (Å²) in [5.74, 6) is -1.23. The normalized spacial score (nSPS) is 12.1. The predicted molar refractivity (Wildman–Crippen MR) is 40.0 cm³/mol. The van der Waals surface area contributed by atoms with E-state index in [0.717, 1.165) is 0 Å². The van der Waals surface area contributed by atoms with E-state index in [1.54, 1.807) is 5.32 Å². The summed E-state index contributed by atoms with van der Waals surface area (Å²) in [7, 11) is 0. The lowest BCUT2D eigenvalue weighted by Crippen LogP contribution is -2.23. The highest BCUT2D eigenvalue weighted by Gasteiger charge is 2.27. The average molecular weight is 211 g/mol. The van der Waals surface area contributed by atoms with Gasteiger partial charge >= 0.3 is 12.1 Å². The number of allylic oxidation sites excluding steroid dienone is 1. The Labute approximate surface area is 77.7 Å². The minimum Gasteiger partial charge on any atom is -0.461 e. The van der Waals surface area contributed by atoms with Crippen LogP contribution < -0.4 is 5.32 Å². The third-order valence-electron chi connectivity index (χ3n) is 1.02. The van der Waals surface area contributed by atoms with Gasteiger partial charge in [-0.2, -0.15) is 13.2 Å². The van der Waals surface area contributed by atoms with E-state index in [-0.39, 0.29) is 19.1 Å². The molecule has 0 fully saturated rings. The molecule has 80 valence electrons. The van der Waals surface area contributed by atoms with E-state index in [1.165, 1.54) is 6.92 Å². The van der Waals surface area contributed by atoms with Gasteiger partial charge in [-0.25, -0.2) is 4.79 Å². The number of nitrogens with one attached hydrogen (secondary N) is 1. The Kier molecular flexibility index (Phi) is 4.68. The van der Waals surface area contributed by atoms with Crippen LogP contribution in [0.5, 0.6) is 0 Å². The fourth-order valence-electron chi connectivity index (χ4n) is 0.596. The molecule has 0 saturated carbocycles. The van der Waals surface area contributed by atoms with Gasteiger partial charge in [0.1, 0.15) is 5.70 Å². The molecule has 1 N–H and O–H groups in total. The van der Waals surface area contributed by atoms with Gasteiger partial charge in [-0.3, -0.25) is 4.79 Å². The van der Waals surface area contributed by atoms with E-state index >= 15 is 0 Å². The molecule has 4 nitrogen and oxygen atoms in total. The van der Waals surface area contributed by atoms with Crippen LogP contribution in [0, 0.1) is 0 Å². The monoisotopic (exact) mass is 211 g/mol. The second-order valence-electron chi connectivity index (χ2n) is 2.08. The molecule has 0 aromatic rings. The first-order chi connectivity index (χ1) is 6.40. The van der Waals surface area contributed by atoms with Crippen molar-refractivity contribution in [3.63, 3.8) is 0 Å². The number of alkyl halides is 3. The molecule has 7 heteroatoms. The van der Waals surface area contributed by atoms with Crippen LogP contribution in [0.3, 0.4) is 0 Å². The Balaban J connectivity index is 4.66. The third kappa shape index (κ3) is 5.18. The molecule has 0 aromatic heterocycles. The summed E-state index contributed by atoms with van der Waals surface area (Å²) in [6, 6.07) is 0. The third-order valence-corrected chi connectivity index (χ3v) is 1.02. The molecule has 0 saturated heterocycles. The second kappa shape index (κ2) is 5.25. The van der Waals surface area contributed by atoms with Gasteiger partial charge in [-0.1, -0.05) is 0 Å². The van der Waals surface area contributed by atoms with Gasteiger partial charge in [-0.15, -0.1) is 0 Å². The molecular weight excluding hydrogens is 203 g/mol. The fourth-order valence-corrected chi connectivity index (χ4v) is 0.596. The number of hydrogen-bond donors (Lipinski definition) is 1. The highest BCUT2D eigenvalue weighted by molar-refractivity contribution is 5.90. The molecule has 0 heterocycles. The molecule has 0 aromatic carbocycles. The highest BCUT2D eigenvalue weighted by Crippen LogP contribution is 2.18. The van der Waals surface area contributed by atoms with Gasteiger partial charge in [0.05, 0.1) is 12.7 Å². The van der Waals surface area contributed by atoms with Crippen LogP contribution >= 0.6 is 0 Å². The summed E-state index contributed by atoms with van der Waals surface area (Å²) >= 11 is 0. The largest absolute Gasteiger partial charge is 0.461 e. The lowest BCUT2D eigenvalue weighted by molar-refractivity contribution is -0.140. The Morgan fingerprint density at radius 1 is 1.50 bits per heavy atom. The summed E-state index contributed by atoms with van der Waals surface area (Å²) in [5.41, 5.74) is -0.936. The first-order valence-corrected chi connectivity index (χ1v) is 3.57. The number of ether oxygens (including phenoxy) is 1. The van der Waals surface area contributed by atoms with Crippen molar-refractivity contribution in [2.45, 2.75) is 13.1 Å². The van der Waals surface area contributed by atoms with Crippen molar-refractivity contribution in [1.29, 1.82) is 0 Å². The second-order valence-corrected chi connectivity index (χ2v) is 2.08. The zero-order chi connectivity index (χ0) is 11.2. The van der Waals surface area contributed by atoms with E-state index < -0.39 is 17.8 Å². The van der Waals surface area contributed by atoms with Crippen molar-refractivity contribution in [3.8, 4) is 0 Å². The van der Waals surface area contributed by atoms with Gasteiger partial charge in [0.25, 0.3) is 0 Å². The summed E-state index contributed by atoms with van der Waals surface area (Å²) in [4.78, 5) is 20.7. The molecular formula is C7H8F3NO3. The number of carbonyl (C=O) groups is 2. The van der Waals surface area contributed by atoms with Crippen LogP contribution in [-0.2, 0) is 14.3 Å². The van der Waals surface area contributed by atoms with Crippen molar-refractivity contribution >= 4 is 12.4 Å². The quantitative estimate of drug-likeness (QED) is 0.424. The van der Waals surface area contributed by atoms with E-state index in [2.05, 4.69) is 4.74 Å². The molecule has 0 unspecified atom stereocenters. The summed E-state index contributed by atoms with van der Waals surface area (Å²) in [5, 5.41) is 1.61. The molecule has 0 spiro atoms. The molecule has 0 aliphatic carbocycles. The smallest absolute Gasteiger partial charge is 0.412 e. The Morgan fingerprint density at radius 2 is 2.07 bits per heavy atom. The first-order valence-electron chi connectivity index (χ1n) is 3.57. The lowest BCUT2D eigenvalue weighted by atomic mass is 10.4. The van der Waals surface area contributed by atoms with Gasteiger partial charge in [0.2, 0.25) is 6.41 Å². The van der Waals surface area contributed by atoms with Crippen molar-refractivity contribution < 1.29 is 27.5 Å². The SMILES string of the molecule is CCOC(=O)C(=CC(F)(F)F)NC=O. The summed E-state index contributed by atoms with van der Waals surface area (Å²) in [6.45, 7) is 1.36. The molecule has 1 amide bonds. The van der Waals surface area contributed by atoms with Crippen LogP contribution in [0.15, 0.2) is 11.8 Å². The number of amides is 1. The van der Waals surface area contributed by atoms with Crippen LogP contribution in [0.2, 0.25) is 0 Å². The molecule has 0 rings (SSSR count). The zero-order valence-corrected chi connectivity index (χ0v) is 7.22. The maximum absolute atomic E-state index is 11.8. The number of carbonyl (C=O) groups excluding carboxylic acids is 2. The van der Waals surface area contributed by atoms with Crippen molar-refractivity contribution in [2.75, 3.05) is 6.61 Å². The molecule has 0 aliphatic rings. The van der Waals surface area contributed by atoms with Crippen LogP contribution in [0.25, 0.3) is 0 Å². The first kappa shape index (κ1) is 12.5. The zero-order valence-electron chi connectivity index (χ0n) is 7.22. The average Bonchev–Trinajstić information content (AvgIpc) is 2.01. The van der Waals surface area contributed by atoms with Crippen molar-refractivity contribution in [1.82, 2.24) is 5.32 Å². The predicted octanol–water partition coefficient (Wildman–Crippen LogP) is 0.742. The number of halogens is 3. The minimum atomic E-state index is -4.68. The summed E-state index contributed by atoms with van der Waals surface area (Å²) < 4.78 is 39.6. The van der Waals surface area contributed by atoms with E-state index in [0.29, 0.717) is 0 Å². The standard InChI is InChI=1S/C7H8F3NO3/c1-2-14-6(13)5(11-4-12)3-7(8,9)10/h3-4H,2H2,1H3,(H,11,12). The summed E-state index contributed by atoms with van der Waals surface area (Å²) in [6.07, 6.45) is -5.05. The number of rotatable bonds is 4. The van der Waals surface area contributed by atoms with Gasteiger partial charge < -0.3 is 10.1 Å². The van der Waals surface area contributed by atoms with Crippen LogP contribution in [-0.4, -0.2) is 25.2 Å². The van der Waals surface area contributed by atoms with Crippen molar-refractivity contribution in [2.24, 2.45) is 0 Å². The van der Waals surface area contributed by atoms with Gasteiger partial charge in [0.15, 0.2) is 0 Å². The van der Waals surface area contributed by atoms with E-state index in [4.69, 9.17) is 0 Å². The van der Waals surface area contributed by atoms with Crippen LogP contribution in [0.1, 0.15) is 6.92 Å². The highest BCUT2D eigenvalue weighted by atomic mass is 19.4. The lowest BCUT2D eigenvalue weighted by Gasteiger charge is -2.06. The van der Waals surface area contributed by atoms with Crippen LogP contribution in [0.4, 0.5) is 13.2 Å². The maximum Gasteiger partial charge on any atom is 0.412 e. The Hall–Kier alpha value is -1.53. The minimum absolute atomic E-state index is 0.0332. The Morgan fingerprint density at radius 3 is 2.43 bits per heavy atom.